The predicted molar refractivity (Wildman–Crippen MR) is 69.8 cm³/mol. The maximum atomic E-state index is 4.55. The molecule has 1 aliphatic rings. The summed E-state index contributed by atoms with van der Waals surface area (Å²) in [5.41, 5.74) is 0.199. The Bertz CT molecular complexity index is 298. The third-order valence-electron chi connectivity index (χ3n) is 3.76. The second kappa shape index (κ2) is 5.28. The highest BCUT2D eigenvalue weighted by Crippen LogP contribution is 2.40. The van der Waals surface area contributed by atoms with Gasteiger partial charge in [-0.1, -0.05) is 26.7 Å². The van der Waals surface area contributed by atoms with E-state index >= 15 is 0 Å². The molecule has 0 aromatic carbocycles. The smallest absolute Gasteiger partial charge is 0.113 e. The minimum atomic E-state index is 0.199. The molecule has 1 aromatic rings. The second-order valence-corrected chi connectivity index (χ2v) is 5.68. The fourth-order valence-corrected chi connectivity index (χ4v) is 3.60. The molecule has 1 fully saturated rings. The third kappa shape index (κ3) is 2.30. The molecule has 0 unspecified atom stereocenters. The molecule has 2 rings (SSSR count). The topological polar surface area (TPSA) is 24.9 Å². The van der Waals surface area contributed by atoms with E-state index in [9.17, 15) is 0 Å². The van der Waals surface area contributed by atoms with E-state index < -0.39 is 0 Å². The number of hydrogen-bond acceptors (Lipinski definition) is 3. The summed E-state index contributed by atoms with van der Waals surface area (Å²) >= 11 is 1.81. The molecule has 1 N–H and O–H groups in total. The van der Waals surface area contributed by atoms with Gasteiger partial charge in [-0.25, -0.2) is 4.98 Å². The van der Waals surface area contributed by atoms with Gasteiger partial charge in [-0.3, -0.25) is 0 Å². The molecule has 0 spiro atoms. The zero-order valence-corrected chi connectivity index (χ0v) is 11.1. The molecule has 3 heteroatoms. The van der Waals surface area contributed by atoms with Gasteiger partial charge in [0, 0.05) is 17.6 Å². The van der Waals surface area contributed by atoms with Crippen molar-refractivity contribution >= 4 is 11.3 Å². The Morgan fingerprint density at radius 3 is 2.56 bits per heavy atom. The molecule has 1 heterocycles. The minimum absolute atomic E-state index is 0.199. The van der Waals surface area contributed by atoms with Crippen LogP contribution in [0.4, 0.5) is 0 Å². The first-order chi connectivity index (χ1) is 7.80. The molecule has 2 nitrogen and oxygen atoms in total. The van der Waals surface area contributed by atoms with E-state index in [0.717, 1.165) is 0 Å². The first-order valence-electron chi connectivity index (χ1n) is 6.48. The summed E-state index contributed by atoms with van der Waals surface area (Å²) in [6, 6.07) is 0.641. The van der Waals surface area contributed by atoms with Crippen molar-refractivity contribution in [2.75, 3.05) is 0 Å². The molecule has 90 valence electrons. The van der Waals surface area contributed by atoms with Gasteiger partial charge in [-0.15, -0.1) is 11.3 Å². The molecule has 0 atom stereocenters. The van der Waals surface area contributed by atoms with Crippen molar-refractivity contribution in [1.82, 2.24) is 10.3 Å². The largest absolute Gasteiger partial charge is 0.303 e. The van der Waals surface area contributed by atoms with Crippen LogP contribution < -0.4 is 5.32 Å². The molecule has 0 aliphatic heterocycles. The molecule has 1 aliphatic carbocycles. The first kappa shape index (κ1) is 12.1. The van der Waals surface area contributed by atoms with E-state index in [4.69, 9.17) is 0 Å². The maximum absolute atomic E-state index is 4.55. The highest BCUT2D eigenvalue weighted by Gasteiger charge is 2.38. The van der Waals surface area contributed by atoms with E-state index in [1.165, 1.54) is 43.5 Å². The maximum Gasteiger partial charge on any atom is 0.113 e. The zero-order valence-electron chi connectivity index (χ0n) is 10.3. The molecule has 0 amide bonds. The number of nitrogens with one attached hydrogen (secondary N) is 1. The van der Waals surface area contributed by atoms with E-state index in [1.54, 1.807) is 0 Å². The molecular formula is C13H22N2S. The van der Waals surface area contributed by atoms with Crippen LogP contribution in [0.1, 0.15) is 57.4 Å². The summed E-state index contributed by atoms with van der Waals surface area (Å²) in [7, 11) is 0. The standard InChI is InChI=1S/C13H22N2S/c1-3-11(4-2)15-13(7-5-6-8-13)12-14-9-10-16-12/h9-11,15H,3-8H2,1-2H3. The quantitative estimate of drug-likeness (QED) is 0.846. The number of hydrogen-bond donors (Lipinski definition) is 1. The van der Waals surface area contributed by atoms with Crippen LogP contribution in [0.15, 0.2) is 11.6 Å². The summed E-state index contributed by atoms with van der Waals surface area (Å²) in [6.07, 6.45) is 9.56. The number of aromatic nitrogens is 1. The second-order valence-electron chi connectivity index (χ2n) is 4.78. The lowest BCUT2D eigenvalue weighted by molar-refractivity contribution is 0.283. The van der Waals surface area contributed by atoms with Crippen molar-refractivity contribution in [3.05, 3.63) is 16.6 Å². The fraction of sp³-hybridized carbons (Fsp3) is 0.769. The van der Waals surface area contributed by atoms with Crippen molar-refractivity contribution in [1.29, 1.82) is 0 Å². The fourth-order valence-electron chi connectivity index (χ4n) is 2.74. The van der Waals surface area contributed by atoms with Gasteiger partial charge >= 0.3 is 0 Å². The van der Waals surface area contributed by atoms with E-state index in [-0.39, 0.29) is 5.54 Å². The van der Waals surface area contributed by atoms with Crippen LogP contribution in [0.5, 0.6) is 0 Å². The number of thiazole rings is 1. The highest BCUT2D eigenvalue weighted by atomic mass is 32.1. The summed E-state index contributed by atoms with van der Waals surface area (Å²) in [5, 5.41) is 7.28. The lowest BCUT2D eigenvalue weighted by atomic mass is 9.96. The van der Waals surface area contributed by atoms with Crippen LogP contribution in [0.3, 0.4) is 0 Å². The summed E-state index contributed by atoms with van der Waals surface area (Å²) in [6.45, 7) is 4.54. The van der Waals surface area contributed by atoms with Crippen LogP contribution in [-0.4, -0.2) is 11.0 Å². The van der Waals surface area contributed by atoms with Crippen molar-refractivity contribution in [3.63, 3.8) is 0 Å². The lowest BCUT2D eigenvalue weighted by Crippen LogP contribution is -2.45. The Hall–Kier alpha value is -0.410. The van der Waals surface area contributed by atoms with Crippen molar-refractivity contribution in [2.45, 2.75) is 64.0 Å². The molecule has 0 radical (unpaired) electrons. The van der Waals surface area contributed by atoms with Gasteiger partial charge < -0.3 is 5.32 Å². The number of rotatable bonds is 5. The Morgan fingerprint density at radius 2 is 2.06 bits per heavy atom. The van der Waals surface area contributed by atoms with Crippen LogP contribution in [0.2, 0.25) is 0 Å². The lowest BCUT2D eigenvalue weighted by Gasteiger charge is -2.32. The number of nitrogens with zero attached hydrogens (tertiary/aromatic N) is 1. The summed E-state index contributed by atoms with van der Waals surface area (Å²) in [5.74, 6) is 0. The van der Waals surface area contributed by atoms with E-state index in [1.807, 2.05) is 17.5 Å². The summed E-state index contributed by atoms with van der Waals surface area (Å²) in [4.78, 5) is 4.55. The van der Waals surface area contributed by atoms with Gasteiger partial charge in [0.15, 0.2) is 0 Å². The molecule has 0 saturated heterocycles. The molecular weight excluding hydrogens is 216 g/mol. The van der Waals surface area contributed by atoms with Gasteiger partial charge in [0.2, 0.25) is 0 Å². The van der Waals surface area contributed by atoms with Crippen LogP contribution >= 0.6 is 11.3 Å². The van der Waals surface area contributed by atoms with Gasteiger partial charge in [0.05, 0.1) is 5.54 Å². The van der Waals surface area contributed by atoms with Gasteiger partial charge in [0.1, 0.15) is 5.01 Å². The van der Waals surface area contributed by atoms with Gasteiger partial charge in [-0.2, -0.15) is 0 Å². The Labute approximate surface area is 102 Å². The first-order valence-corrected chi connectivity index (χ1v) is 7.36. The molecule has 0 bridgehead atoms. The zero-order chi connectivity index (χ0) is 11.4. The minimum Gasteiger partial charge on any atom is -0.303 e. The van der Waals surface area contributed by atoms with Crippen LogP contribution in [0, 0.1) is 0 Å². The monoisotopic (exact) mass is 238 g/mol. The Kier molecular flexibility index (Phi) is 3.98. The van der Waals surface area contributed by atoms with Crippen LogP contribution in [-0.2, 0) is 5.54 Å². The molecule has 16 heavy (non-hydrogen) atoms. The van der Waals surface area contributed by atoms with Crippen molar-refractivity contribution in [3.8, 4) is 0 Å². The molecule has 1 saturated carbocycles. The van der Waals surface area contributed by atoms with Gasteiger partial charge in [-0.05, 0) is 25.7 Å². The SMILES string of the molecule is CCC(CC)NC1(c2nccs2)CCCC1. The highest BCUT2D eigenvalue weighted by molar-refractivity contribution is 7.09. The van der Waals surface area contributed by atoms with E-state index in [0.29, 0.717) is 6.04 Å². The van der Waals surface area contributed by atoms with Crippen molar-refractivity contribution in [2.24, 2.45) is 0 Å². The normalized spacial score (nSPS) is 19.4. The van der Waals surface area contributed by atoms with Crippen molar-refractivity contribution < 1.29 is 0 Å². The average molecular weight is 238 g/mol. The molecule has 1 aromatic heterocycles. The van der Waals surface area contributed by atoms with Gasteiger partial charge in [0.25, 0.3) is 0 Å². The predicted octanol–water partition coefficient (Wildman–Crippen LogP) is 3.69. The Balaban J connectivity index is 2.16. The summed E-state index contributed by atoms with van der Waals surface area (Å²) < 4.78 is 0. The Morgan fingerprint density at radius 1 is 1.38 bits per heavy atom. The van der Waals surface area contributed by atoms with Crippen LogP contribution in [0.25, 0.3) is 0 Å². The van der Waals surface area contributed by atoms with E-state index in [2.05, 4.69) is 29.5 Å². The average Bonchev–Trinajstić information content (AvgIpc) is 2.97. The third-order valence-corrected chi connectivity index (χ3v) is 4.74.